The standard InChI is InChI=1S/C26H24N2O3/c1-3-31-12-14-8-9-19-17(10-14)21-18-11-27-26(30)23(18)22-16-7-5-4-6-15(16)20(13(2)29)24(22)25(21)28-19/h4-10,13,20,28-29H,3,11-12H2,1-2H3,(H,27,30)/i/hD. The van der Waals surface area contributed by atoms with Crippen LogP contribution in [0.15, 0.2) is 42.5 Å². The molecule has 6 rings (SSSR count). The van der Waals surface area contributed by atoms with Gasteiger partial charge in [0.05, 0.1) is 23.8 Å². The number of carbonyl (C=O) groups excluding carboxylic acids is 1. The molecule has 2 aliphatic rings. The second kappa shape index (κ2) is 6.67. The molecule has 3 aromatic carbocycles. The van der Waals surface area contributed by atoms with E-state index >= 15 is 0 Å². The lowest BCUT2D eigenvalue weighted by atomic mass is 9.87. The van der Waals surface area contributed by atoms with Crippen LogP contribution in [0.4, 0.5) is 0 Å². The van der Waals surface area contributed by atoms with E-state index < -0.39 is 6.10 Å². The van der Waals surface area contributed by atoms with Crippen molar-refractivity contribution >= 4 is 27.7 Å². The summed E-state index contributed by atoms with van der Waals surface area (Å²) < 4.78 is 13.9. The molecule has 3 N–H and O–H groups in total. The third kappa shape index (κ3) is 2.47. The number of fused-ring (bicyclic) bond motifs is 10. The second-order valence-electron chi connectivity index (χ2n) is 8.46. The van der Waals surface area contributed by atoms with Crippen LogP contribution in [-0.4, -0.2) is 28.7 Å². The number of hydrogen-bond donors (Lipinski definition) is 3. The van der Waals surface area contributed by atoms with Gasteiger partial charge in [-0.15, -0.1) is 0 Å². The lowest BCUT2D eigenvalue weighted by Crippen LogP contribution is -2.15. The Labute approximate surface area is 181 Å². The first-order chi connectivity index (χ1) is 15.5. The zero-order chi connectivity index (χ0) is 22.1. The van der Waals surface area contributed by atoms with Crippen molar-refractivity contribution in [1.82, 2.24) is 10.3 Å². The summed E-state index contributed by atoms with van der Waals surface area (Å²) in [5.41, 5.74) is 8.33. The summed E-state index contributed by atoms with van der Waals surface area (Å²) in [6.07, 6.45) is -0.623. The van der Waals surface area contributed by atoms with Crippen molar-refractivity contribution in [3.8, 4) is 11.1 Å². The van der Waals surface area contributed by atoms with Crippen LogP contribution in [0.2, 0.25) is 1.41 Å². The first kappa shape index (κ1) is 17.5. The highest BCUT2D eigenvalue weighted by atomic mass is 16.5. The minimum Gasteiger partial charge on any atom is -0.392 e. The fourth-order valence-corrected chi connectivity index (χ4v) is 5.47. The molecule has 0 spiro atoms. The third-order valence-corrected chi connectivity index (χ3v) is 6.68. The summed E-state index contributed by atoms with van der Waals surface area (Å²) in [6.45, 7) is 5.20. The molecule has 0 saturated carbocycles. The summed E-state index contributed by atoms with van der Waals surface area (Å²) in [5.74, 6) is -0.517. The Morgan fingerprint density at radius 1 is 1.26 bits per heavy atom. The Hall–Kier alpha value is -3.15. The highest BCUT2D eigenvalue weighted by Gasteiger charge is 2.40. The van der Waals surface area contributed by atoms with Crippen LogP contribution in [0.25, 0.3) is 32.9 Å². The van der Waals surface area contributed by atoms with Gasteiger partial charge in [-0.2, -0.15) is 0 Å². The van der Waals surface area contributed by atoms with E-state index in [-0.39, 0.29) is 18.4 Å². The van der Waals surface area contributed by atoms with E-state index in [9.17, 15) is 9.90 Å². The molecular formula is C26H24N2O3. The minimum absolute atomic E-state index is 0.238. The van der Waals surface area contributed by atoms with E-state index in [1.165, 1.54) is 0 Å². The average Bonchev–Trinajstić information content (AvgIpc) is 3.42. The van der Waals surface area contributed by atoms with E-state index in [0.717, 1.165) is 60.5 Å². The molecule has 1 amide bonds. The van der Waals surface area contributed by atoms with Crippen molar-refractivity contribution in [2.45, 2.75) is 39.0 Å². The molecule has 4 aromatic rings. The van der Waals surface area contributed by atoms with Crippen molar-refractivity contribution in [2.24, 2.45) is 0 Å². The smallest absolute Gasteiger partial charge is 0.252 e. The SMILES string of the molecule is [2H]N1Cc2c(c3c(c4[nH]c5ccc(COCC)cc5c24)C(C(C)O)c2ccccc2-3)C1=O. The normalized spacial score (nSPS) is 18.4. The van der Waals surface area contributed by atoms with E-state index in [4.69, 9.17) is 6.15 Å². The number of aromatic nitrogens is 1. The monoisotopic (exact) mass is 413 g/mol. The summed E-state index contributed by atoms with van der Waals surface area (Å²) in [5, 5.41) is 13.9. The van der Waals surface area contributed by atoms with Crippen LogP contribution in [0, 0.1) is 0 Å². The Bertz CT molecular complexity index is 1420. The summed E-state index contributed by atoms with van der Waals surface area (Å²) in [6, 6.07) is 14.2. The zero-order valence-electron chi connectivity index (χ0n) is 18.5. The molecule has 0 saturated heterocycles. The predicted octanol–water partition coefficient (Wildman–Crippen LogP) is 4.59. The van der Waals surface area contributed by atoms with Crippen molar-refractivity contribution in [3.63, 3.8) is 0 Å². The Kier molecular flexibility index (Phi) is 3.77. The van der Waals surface area contributed by atoms with Crippen LogP contribution in [0.3, 0.4) is 0 Å². The Morgan fingerprint density at radius 2 is 2.10 bits per heavy atom. The number of hydrogen-bond acceptors (Lipinski definition) is 3. The van der Waals surface area contributed by atoms with Crippen LogP contribution < -0.4 is 5.31 Å². The molecule has 2 atom stereocenters. The molecule has 5 heteroatoms. The molecule has 0 bridgehead atoms. The van der Waals surface area contributed by atoms with E-state index in [1.807, 2.05) is 31.2 Å². The maximum atomic E-state index is 13.2. The second-order valence-corrected chi connectivity index (χ2v) is 8.46. The molecule has 5 nitrogen and oxygen atoms in total. The van der Waals surface area contributed by atoms with Gasteiger partial charge < -0.3 is 20.1 Å². The predicted molar refractivity (Wildman–Crippen MR) is 121 cm³/mol. The Balaban J connectivity index is 1.76. The number of H-pyrrole nitrogens is 1. The molecule has 156 valence electrons. The molecule has 2 heterocycles. The van der Waals surface area contributed by atoms with Crippen LogP contribution in [0.5, 0.6) is 0 Å². The maximum absolute atomic E-state index is 13.2. The number of rotatable bonds is 4. The number of benzene rings is 3. The largest absolute Gasteiger partial charge is 0.392 e. The van der Waals surface area contributed by atoms with Gasteiger partial charge in [0, 0.05) is 40.9 Å². The van der Waals surface area contributed by atoms with Crippen molar-refractivity contribution in [2.75, 3.05) is 6.61 Å². The molecular weight excluding hydrogens is 388 g/mol. The van der Waals surface area contributed by atoms with Crippen molar-refractivity contribution < 1.29 is 16.0 Å². The lowest BCUT2D eigenvalue weighted by Gasteiger charge is -2.18. The molecule has 1 aromatic heterocycles. The minimum atomic E-state index is -0.623. The molecule has 31 heavy (non-hydrogen) atoms. The van der Waals surface area contributed by atoms with E-state index in [0.29, 0.717) is 18.8 Å². The van der Waals surface area contributed by atoms with E-state index in [1.54, 1.807) is 6.92 Å². The lowest BCUT2D eigenvalue weighted by molar-refractivity contribution is 0.0966. The van der Waals surface area contributed by atoms with Crippen molar-refractivity contribution in [1.29, 1.82) is 0 Å². The molecule has 1 aliphatic carbocycles. The highest BCUT2D eigenvalue weighted by Crippen LogP contribution is 2.53. The number of aliphatic hydroxyl groups excluding tert-OH is 1. The summed E-state index contributed by atoms with van der Waals surface area (Å²) in [7, 11) is 0. The maximum Gasteiger partial charge on any atom is 0.252 e. The van der Waals surface area contributed by atoms with Gasteiger partial charge in [-0.3, -0.25) is 4.79 Å². The average molecular weight is 413 g/mol. The van der Waals surface area contributed by atoms with Gasteiger partial charge in [0.1, 0.15) is 0 Å². The van der Waals surface area contributed by atoms with Crippen LogP contribution >= 0.6 is 0 Å². The van der Waals surface area contributed by atoms with Crippen LogP contribution in [-0.2, 0) is 17.9 Å². The number of aromatic amines is 1. The fraction of sp³-hybridized carbons (Fsp3) is 0.269. The summed E-state index contributed by atoms with van der Waals surface area (Å²) >= 11 is 0. The number of ether oxygens (including phenoxy) is 1. The van der Waals surface area contributed by atoms with Gasteiger partial charge in [0.15, 0.2) is 1.41 Å². The molecule has 2 unspecified atom stereocenters. The number of amides is 1. The van der Waals surface area contributed by atoms with E-state index in [2.05, 4.69) is 23.2 Å². The van der Waals surface area contributed by atoms with Gasteiger partial charge in [-0.1, -0.05) is 30.3 Å². The van der Waals surface area contributed by atoms with Gasteiger partial charge in [-0.05, 0) is 53.8 Å². The Morgan fingerprint density at radius 3 is 2.90 bits per heavy atom. The first-order valence-electron chi connectivity index (χ1n) is 11.2. The molecule has 1 aliphatic heterocycles. The van der Waals surface area contributed by atoms with Gasteiger partial charge >= 0.3 is 0 Å². The van der Waals surface area contributed by atoms with Crippen molar-refractivity contribution in [3.05, 3.63) is 70.3 Å². The number of nitrogens with one attached hydrogen (secondary N) is 2. The molecule has 0 radical (unpaired) electrons. The van der Waals surface area contributed by atoms with Gasteiger partial charge in [-0.25, -0.2) is 0 Å². The highest BCUT2D eigenvalue weighted by molar-refractivity contribution is 6.20. The number of aliphatic hydroxyl groups is 1. The van der Waals surface area contributed by atoms with Gasteiger partial charge in [0.25, 0.3) is 5.91 Å². The topological polar surface area (TPSA) is 74.3 Å². The quantitative estimate of drug-likeness (QED) is 0.458. The van der Waals surface area contributed by atoms with Gasteiger partial charge in [0.2, 0.25) is 0 Å². The fourth-order valence-electron chi connectivity index (χ4n) is 5.47. The summed E-state index contributed by atoms with van der Waals surface area (Å²) in [4.78, 5) is 16.8. The number of carbonyl (C=O) groups is 1. The third-order valence-electron chi connectivity index (χ3n) is 6.68. The molecule has 0 fully saturated rings. The van der Waals surface area contributed by atoms with Crippen LogP contribution in [0.1, 0.15) is 52.4 Å². The zero-order valence-corrected chi connectivity index (χ0v) is 17.5. The first-order valence-corrected chi connectivity index (χ1v) is 10.8.